The standard InChI is InChI=1S/C27H37N3O3/c1-6-21(4)29(17-24(31)19-32-7-2)18-26-22(5)28-30(23-13-9-8-10-14-23)27(26)33-25-15-11-12-20(3)16-25/h8-16,21,24,31H,6-7,17-19H2,1-5H3/t21-,24-/m1/s1. The summed E-state index contributed by atoms with van der Waals surface area (Å²) in [4.78, 5) is 2.28. The highest BCUT2D eigenvalue weighted by atomic mass is 16.5. The molecule has 1 aromatic heterocycles. The van der Waals surface area contributed by atoms with Crippen LogP contribution >= 0.6 is 0 Å². The smallest absolute Gasteiger partial charge is 0.227 e. The SMILES string of the molecule is CCOC[C@H](O)CN(Cc1c(C)nn(-c2ccccc2)c1Oc1cccc(C)c1)[C@H](C)CC. The van der Waals surface area contributed by atoms with Crippen molar-refractivity contribution in [2.75, 3.05) is 19.8 Å². The number of aliphatic hydroxyl groups is 1. The van der Waals surface area contributed by atoms with Gasteiger partial charge < -0.3 is 14.6 Å². The molecule has 0 fully saturated rings. The summed E-state index contributed by atoms with van der Waals surface area (Å²) < 4.78 is 13.8. The van der Waals surface area contributed by atoms with Gasteiger partial charge in [-0.15, -0.1) is 0 Å². The van der Waals surface area contributed by atoms with Crippen molar-refractivity contribution in [3.8, 4) is 17.3 Å². The Labute approximate surface area is 197 Å². The maximum atomic E-state index is 10.5. The molecule has 6 heteroatoms. The lowest BCUT2D eigenvalue weighted by molar-refractivity contribution is 0.0111. The topological polar surface area (TPSA) is 59.8 Å². The van der Waals surface area contributed by atoms with Crippen molar-refractivity contribution < 1.29 is 14.6 Å². The van der Waals surface area contributed by atoms with Gasteiger partial charge in [0.1, 0.15) is 5.75 Å². The van der Waals surface area contributed by atoms with E-state index in [1.54, 1.807) is 0 Å². The lowest BCUT2D eigenvalue weighted by Crippen LogP contribution is -2.40. The van der Waals surface area contributed by atoms with E-state index in [1.807, 2.05) is 67.1 Å². The van der Waals surface area contributed by atoms with E-state index in [0.29, 0.717) is 32.2 Å². The molecule has 0 saturated carbocycles. The quantitative estimate of drug-likeness (QED) is 0.406. The zero-order valence-electron chi connectivity index (χ0n) is 20.5. The minimum atomic E-state index is -0.551. The van der Waals surface area contributed by atoms with Crippen molar-refractivity contribution in [3.05, 3.63) is 71.4 Å². The van der Waals surface area contributed by atoms with Gasteiger partial charge in [-0.25, -0.2) is 4.68 Å². The van der Waals surface area contributed by atoms with Gasteiger partial charge in [0.2, 0.25) is 5.88 Å². The summed E-state index contributed by atoms with van der Waals surface area (Å²) in [6, 6.07) is 18.4. The number of ether oxygens (including phenoxy) is 2. The molecule has 2 atom stereocenters. The molecule has 0 spiro atoms. The molecule has 33 heavy (non-hydrogen) atoms. The van der Waals surface area contributed by atoms with Crippen LogP contribution in [0.4, 0.5) is 0 Å². The third kappa shape index (κ3) is 6.67. The highest BCUT2D eigenvalue weighted by molar-refractivity contribution is 5.43. The zero-order chi connectivity index (χ0) is 23.8. The Hall–Kier alpha value is -2.67. The molecule has 0 unspecified atom stereocenters. The first kappa shape index (κ1) is 25.0. The Morgan fingerprint density at radius 1 is 1.06 bits per heavy atom. The van der Waals surface area contributed by atoms with Crippen molar-refractivity contribution in [2.45, 2.75) is 59.7 Å². The maximum absolute atomic E-state index is 10.5. The highest BCUT2D eigenvalue weighted by Crippen LogP contribution is 2.32. The van der Waals surface area contributed by atoms with E-state index in [2.05, 4.69) is 31.7 Å². The van der Waals surface area contributed by atoms with E-state index < -0.39 is 6.10 Å². The fourth-order valence-corrected chi connectivity index (χ4v) is 3.80. The Morgan fingerprint density at radius 3 is 2.48 bits per heavy atom. The van der Waals surface area contributed by atoms with Gasteiger partial charge in [0.15, 0.2) is 0 Å². The van der Waals surface area contributed by atoms with Crippen LogP contribution in [0.3, 0.4) is 0 Å². The van der Waals surface area contributed by atoms with Crippen LogP contribution in [0, 0.1) is 13.8 Å². The molecule has 3 rings (SSSR count). The predicted molar refractivity (Wildman–Crippen MR) is 132 cm³/mol. The molecular weight excluding hydrogens is 414 g/mol. The molecule has 0 radical (unpaired) electrons. The molecule has 0 aliphatic carbocycles. The van der Waals surface area contributed by atoms with E-state index in [-0.39, 0.29) is 6.04 Å². The summed E-state index contributed by atoms with van der Waals surface area (Å²) in [6.07, 6.45) is 0.422. The first-order chi connectivity index (χ1) is 15.9. The lowest BCUT2D eigenvalue weighted by Gasteiger charge is -2.30. The number of rotatable bonds is 12. The number of aromatic nitrogens is 2. The van der Waals surface area contributed by atoms with E-state index in [9.17, 15) is 5.11 Å². The maximum Gasteiger partial charge on any atom is 0.227 e. The number of aryl methyl sites for hydroxylation is 2. The second-order valence-corrected chi connectivity index (χ2v) is 8.54. The number of para-hydroxylation sites is 1. The Bertz CT molecular complexity index is 1000. The average Bonchev–Trinajstić information content (AvgIpc) is 3.12. The number of benzene rings is 2. The van der Waals surface area contributed by atoms with Crippen LogP contribution in [0.15, 0.2) is 54.6 Å². The van der Waals surface area contributed by atoms with Crippen LogP contribution < -0.4 is 4.74 Å². The molecule has 0 aliphatic rings. The predicted octanol–water partition coefficient (Wildman–Crippen LogP) is 5.28. The first-order valence-electron chi connectivity index (χ1n) is 11.8. The Balaban J connectivity index is 1.99. The molecule has 0 aliphatic heterocycles. The van der Waals surface area contributed by atoms with Crippen LogP contribution in [0.25, 0.3) is 5.69 Å². The van der Waals surface area contributed by atoms with Crippen LogP contribution in [0.2, 0.25) is 0 Å². The van der Waals surface area contributed by atoms with Gasteiger partial charge in [-0.1, -0.05) is 37.3 Å². The Morgan fingerprint density at radius 2 is 1.82 bits per heavy atom. The lowest BCUT2D eigenvalue weighted by atomic mass is 10.1. The summed E-state index contributed by atoms with van der Waals surface area (Å²) in [5.41, 5.74) is 4.01. The van der Waals surface area contributed by atoms with Crippen molar-refractivity contribution in [3.63, 3.8) is 0 Å². The second-order valence-electron chi connectivity index (χ2n) is 8.54. The molecule has 0 saturated heterocycles. The zero-order valence-corrected chi connectivity index (χ0v) is 20.5. The fourth-order valence-electron chi connectivity index (χ4n) is 3.80. The molecule has 0 amide bonds. The number of hydrogen-bond acceptors (Lipinski definition) is 5. The summed E-state index contributed by atoms with van der Waals surface area (Å²) in [5.74, 6) is 1.48. The number of aliphatic hydroxyl groups excluding tert-OH is 1. The fraction of sp³-hybridized carbons (Fsp3) is 0.444. The summed E-state index contributed by atoms with van der Waals surface area (Å²) in [7, 11) is 0. The Kier molecular flexibility index (Phi) is 9.06. The minimum Gasteiger partial charge on any atom is -0.439 e. The summed E-state index contributed by atoms with van der Waals surface area (Å²) in [5, 5.41) is 15.4. The van der Waals surface area contributed by atoms with Gasteiger partial charge in [-0.05, 0) is 63.9 Å². The first-order valence-corrected chi connectivity index (χ1v) is 11.8. The third-order valence-corrected chi connectivity index (χ3v) is 5.88. The second kappa shape index (κ2) is 12.0. The normalized spacial score (nSPS) is 13.3. The van der Waals surface area contributed by atoms with E-state index in [1.165, 1.54) is 0 Å². The van der Waals surface area contributed by atoms with Crippen molar-refractivity contribution in [1.29, 1.82) is 0 Å². The average molecular weight is 452 g/mol. The van der Waals surface area contributed by atoms with Gasteiger partial charge in [0, 0.05) is 25.7 Å². The highest BCUT2D eigenvalue weighted by Gasteiger charge is 2.24. The molecule has 3 aromatic rings. The number of nitrogens with zero attached hydrogens (tertiary/aromatic N) is 3. The summed E-state index contributed by atoms with van der Waals surface area (Å²) in [6.45, 7) is 12.4. The largest absolute Gasteiger partial charge is 0.439 e. The van der Waals surface area contributed by atoms with Crippen LogP contribution in [0.5, 0.6) is 11.6 Å². The van der Waals surface area contributed by atoms with Crippen LogP contribution in [-0.2, 0) is 11.3 Å². The van der Waals surface area contributed by atoms with Gasteiger partial charge in [0.05, 0.1) is 29.7 Å². The third-order valence-electron chi connectivity index (χ3n) is 5.88. The number of hydrogen-bond donors (Lipinski definition) is 1. The van der Waals surface area contributed by atoms with Gasteiger partial charge in [-0.2, -0.15) is 5.10 Å². The van der Waals surface area contributed by atoms with Crippen LogP contribution in [0.1, 0.15) is 44.0 Å². The van der Waals surface area contributed by atoms with Crippen molar-refractivity contribution in [1.82, 2.24) is 14.7 Å². The monoisotopic (exact) mass is 451 g/mol. The molecule has 1 heterocycles. The van der Waals surface area contributed by atoms with Gasteiger partial charge >= 0.3 is 0 Å². The van der Waals surface area contributed by atoms with E-state index in [4.69, 9.17) is 14.6 Å². The minimum absolute atomic E-state index is 0.285. The van der Waals surface area contributed by atoms with Crippen LogP contribution in [-0.4, -0.2) is 51.7 Å². The van der Waals surface area contributed by atoms with Gasteiger partial charge in [-0.3, -0.25) is 4.90 Å². The van der Waals surface area contributed by atoms with Crippen molar-refractivity contribution in [2.24, 2.45) is 0 Å². The van der Waals surface area contributed by atoms with E-state index in [0.717, 1.165) is 34.7 Å². The van der Waals surface area contributed by atoms with Crippen molar-refractivity contribution >= 4 is 0 Å². The van der Waals surface area contributed by atoms with E-state index >= 15 is 0 Å². The molecule has 2 aromatic carbocycles. The molecular formula is C27H37N3O3. The molecule has 178 valence electrons. The summed E-state index contributed by atoms with van der Waals surface area (Å²) >= 11 is 0. The molecule has 1 N–H and O–H groups in total. The van der Waals surface area contributed by atoms with Gasteiger partial charge in [0.25, 0.3) is 0 Å². The molecule has 6 nitrogen and oxygen atoms in total. The molecule has 0 bridgehead atoms.